The van der Waals surface area contributed by atoms with Crippen molar-refractivity contribution in [2.75, 3.05) is 12.0 Å². The molecule has 8 heavy (non-hydrogen) atoms. The molecule has 0 aliphatic heterocycles. The van der Waals surface area contributed by atoms with Crippen molar-refractivity contribution >= 4 is 17.5 Å². The van der Waals surface area contributed by atoms with Gasteiger partial charge in [-0.2, -0.15) is 11.8 Å². The van der Waals surface area contributed by atoms with Gasteiger partial charge in [0, 0.05) is 0 Å². The molecule has 0 unspecified atom stereocenters. The van der Waals surface area contributed by atoms with Crippen LogP contribution in [0.4, 0.5) is 0 Å². The molecular formula is C5H11NOS. The monoisotopic (exact) mass is 133 g/mol. The van der Waals surface area contributed by atoms with E-state index in [-0.39, 0.29) is 0 Å². The van der Waals surface area contributed by atoms with Crippen LogP contribution >= 0.6 is 11.8 Å². The van der Waals surface area contributed by atoms with Crippen molar-refractivity contribution in [2.45, 2.75) is 13.3 Å². The number of thioether (sulfide) groups is 1. The Kier molecular flexibility index (Phi) is 4.85. The van der Waals surface area contributed by atoms with Crippen LogP contribution in [0.15, 0.2) is 5.16 Å². The Balaban J connectivity index is 3.12. The maximum atomic E-state index is 8.14. The maximum absolute atomic E-state index is 8.14. The molecule has 0 saturated carbocycles. The fourth-order valence-corrected chi connectivity index (χ4v) is 0.799. The Hall–Kier alpha value is -0.180. The van der Waals surface area contributed by atoms with Crippen LogP contribution in [0.2, 0.25) is 0 Å². The molecule has 0 heterocycles. The standard InChI is InChI=1S/C5H11NOS/c1-5(6-7)3-4-8-2/h7H,3-4H2,1-2H3. The van der Waals surface area contributed by atoms with Gasteiger partial charge in [0.25, 0.3) is 0 Å². The predicted molar refractivity (Wildman–Crippen MR) is 37.9 cm³/mol. The van der Waals surface area contributed by atoms with E-state index in [0.717, 1.165) is 17.9 Å². The normalized spacial score (nSPS) is 12.0. The van der Waals surface area contributed by atoms with Crippen molar-refractivity contribution in [3.8, 4) is 0 Å². The van der Waals surface area contributed by atoms with Crippen LogP contribution < -0.4 is 0 Å². The summed E-state index contributed by atoms with van der Waals surface area (Å²) < 4.78 is 0. The van der Waals surface area contributed by atoms with E-state index < -0.39 is 0 Å². The summed E-state index contributed by atoms with van der Waals surface area (Å²) >= 11 is 1.75. The minimum Gasteiger partial charge on any atom is -0.411 e. The van der Waals surface area contributed by atoms with Crippen LogP contribution in [0.3, 0.4) is 0 Å². The molecule has 0 aliphatic carbocycles. The Morgan fingerprint density at radius 2 is 2.38 bits per heavy atom. The summed E-state index contributed by atoms with van der Waals surface area (Å²) in [4.78, 5) is 0. The third-order valence-electron chi connectivity index (χ3n) is 0.839. The van der Waals surface area contributed by atoms with Crippen LogP contribution in [0.1, 0.15) is 13.3 Å². The smallest absolute Gasteiger partial charge is 0.0548 e. The lowest BCUT2D eigenvalue weighted by Crippen LogP contribution is -1.91. The fourth-order valence-electron chi connectivity index (χ4n) is 0.300. The lowest BCUT2D eigenvalue weighted by atomic mass is 10.3. The summed E-state index contributed by atoms with van der Waals surface area (Å²) in [7, 11) is 0. The molecule has 0 fully saturated rings. The van der Waals surface area contributed by atoms with Gasteiger partial charge in [0.05, 0.1) is 5.71 Å². The SMILES string of the molecule is CSCCC(C)=NO. The second-order valence-corrected chi connectivity index (χ2v) is 2.56. The van der Waals surface area contributed by atoms with E-state index in [9.17, 15) is 0 Å². The number of nitrogens with zero attached hydrogens (tertiary/aromatic N) is 1. The van der Waals surface area contributed by atoms with Crippen LogP contribution in [-0.4, -0.2) is 22.9 Å². The molecule has 0 aliphatic rings. The first-order valence-corrected chi connectivity index (χ1v) is 3.87. The maximum Gasteiger partial charge on any atom is 0.0548 e. The van der Waals surface area contributed by atoms with Crippen LogP contribution in [-0.2, 0) is 0 Å². The van der Waals surface area contributed by atoms with Crippen molar-refractivity contribution in [1.29, 1.82) is 0 Å². The fraction of sp³-hybridized carbons (Fsp3) is 0.800. The molecule has 3 heteroatoms. The third-order valence-corrected chi connectivity index (χ3v) is 1.45. The van der Waals surface area contributed by atoms with E-state index in [4.69, 9.17) is 5.21 Å². The van der Waals surface area contributed by atoms with Gasteiger partial charge in [-0.05, 0) is 25.4 Å². The minimum atomic E-state index is 0.805. The number of hydrogen-bond acceptors (Lipinski definition) is 3. The first-order chi connectivity index (χ1) is 3.81. The van der Waals surface area contributed by atoms with Gasteiger partial charge in [-0.15, -0.1) is 0 Å². The highest BCUT2D eigenvalue weighted by molar-refractivity contribution is 7.98. The quantitative estimate of drug-likeness (QED) is 0.360. The highest BCUT2D eigenvalue weighted by atomic mass is 32.2. The van der Waals surface area contributed by atoms with Gasteiger partial charge < -0.3 is 5.21 Å². The molecule has 0 atom stereocenters. The first kappa shape index (κ1) is 7.82. The summed E-state index contributed by atoms with van der Waals surface area (Å²) in [5.74, 6) is 1.04. The predicted octanol–water partition coefficient (Wildman–Crippen LogP) is 1.59. The van der Waals surface area contributed by atoms with Crippen LogP contribution in [0, 0.1) is 0 Å². The molecule has 0 bridgehead atoms. The van der Waals surface area contributed by atoms with E-state index in [1.165, 1.54) is 0 Å². The minimum absolute atomic E-state index is 0.805. The molecule has 0 saturated heterocycles. The van der Waals surface area contributed by atoms with E-state index in [1.54, 1.807) is 11.8 Å². The lowest BCUT2D eigenvalue weighted by Gasteiger charge is -1.91. The van der Waals surface area contributed by atoms with Gasteiger partial charge in [0.15, 0.2) is 0 Å². The van der Waals surface area contributed by atoms with E-state index in [2.05, 4.69) is 5.16 Å². The van der Waals surface area contributed by atoms with E-state index >= 15 is 0 Å². The lowest BCUT2D eigenvalue weighted by molar-refractivity contribution is 0.317. The Bertz CT molecular complexity index is 82.5. The van der Waals surface area contributed by atoms with Gasteiger partial charge in [-0.25, -0.2) is 0 Å². The van der Waals surface area contributed by atoms with Crippen molar-refractivity contribution in [3.63, 3.8) is 0 Å². The Labute approximate surface area is 54.0 Å². The summed E-state index contributed by atoms with van der Waals surface area (Å²) in [6.07, 6.45) is 2.92. The molecule has 0 radical (unpaired) electrons. The zero-order valence-electron chi connectivity index (χ0n) is 5.22. The molecule has 0 aromatic heterocycles. The largest absolute Gasteiger partial charge is 0.411 e. The third kappa shape index (κ3) is 3.99. The topological polar surface area (TPSA) is 32.6 Å². The van der Waals surface area contributed by atoms with Gasteiger partial charge in [0.1, 0.15) is 0 Å². The number of hydrogen-bond donors (Lipinski definition) is 1. The van der Waals surface area contributed by atoms with Crippen LogP contribution in [0.5, 0.6) is 0 Å². The van der Waals surface area contributed by atoms with Crippen molar-refractivity contribution in [1.82, 2.24) is 0 Å². The molecule has 48 valence electrons. The van der Waals surface area contributed by atoms with E-state index in [0.29, 0.717) is 0 Å². The van der Waals surface area contributed by atoms with Gasteiger partial charge in [0.2, 0.25) is 0 Å². The molecule has 0 aromatic rings. The van der Waals surface area contributed by atoms with Gasteiger partial charge in [-0.1, -0.05) is 5.16 Å². The molecule has 0 rings (SSSR count). The molecule has 2 nitrogen and oxygen atoms in total. The molecule has 0 aromatic carbocycles. The number of oxime groups is 1. The first-order valence-electron chi connectivity index (χ1n) is 2.47. The Morgan fingerprint density at radius 3 is 2.75 bits per heavy atom. The molecule has 0 spiro atoms. The zero-order valence-corrected chi connectivity index (χ0v) is 6.03. The summed E-state index contributed by atoms with van der Waals surface area (Å²) in [6, 6.07) is 0. The van der Waals surface area contributed by atoms with E-state index in [1.807, 2.05) is 13.2 Å². The second-order valence-electron chi connectivity index (χ2n) is 1.58. The van der Waals surface area contributed by atoms with Gasteiger partial charge >= 0.3 is 0 Å². The summed E-state index contributed by atoms with van der Waals surface area (Å²) in [5.41, 5.74) is 0.805. The van der Waals surface area contributed by atoms with Crippen molar-refractivity contribution < 1.29 is 5.21 Å². The molecular weight excluding hydrogens is 122 g/mol. The summed E-state index contributed by atoms with van der Waals surface area (Å²) in [5, 5.41) is 11.2. The highest BCUT2D eigenvalue weighted by Crippen LogP contribution is 1.96. The Morgan fingerprint density at radius 1 is 1.75 bits per heavy atom. The number of rotatable bonds is 3. The van der Waals surface area contributed by atoms with Crippen molar-refractivity contribution in [3.05, 3.63) is 0 Å². The second kappa shape index (κ2) is 4.97. The van der Waals surface area contributed by atoms with Crippen LogP contribution in [0.25, 0.3) is 0 Å². The average molecular weight is 133 g/mol. The zero-order chi connectivity index (χ0) is 6.41. The van der Waals surface area contributed by atoms with Gasteiger partial charge in [-0.3, -0.25) is 0 Å². The average Bonchev–Trinajstić information content (AvgIpc) is 1.83. The van der Waals surface area contributed by atoms with Crippen molar-refractivity contribution in [2.24, 2.45) is 5.16 Å². The summed E-state index contributed by atoms with van der Waals surface area (Å²) in [6.45, 7) is 1.82. The molecule has 0 amide bonds. The highest BCUT2D eigenvalue weighted by Gasteiger charge is 1.87. The molecule has 1 N–H and O–H groups in total.